The summed E-state index contributed by atoms with van der Waals surface area (Å²) in [4.78, 5) is 30.7. The predicted octanol–water partition coefficient (Wildman–Crippen LogP) is 4.27. The maximum Gasteiger partial charge on any atom is 0.321 e. The van der Waals surface area contributed by atoms with Gasteiger partial charge in [0.15, 0.2) is 17.7 Å². The Balaban J connectivity index is 1.32. The van der Waals surface area contributed by atoms with Gasteiger partial charge >= 0.3 is 6.03 Å². The average Bonchev–Trinajstić information content (AvgIpc) is 3.40. The number of pyridine rings is 1. The molecule has 0 aliphatic carbocycles. The van der Waals surface area contributed by atoms with Crippen LogP contribution < -0.4 is 15.5 Å². The van der Waals surface area contributed by atoms with Crippen LogP contribution in [0.2, 0.25) is 5.02 Å². The van der Waals surface area contributed by atoms with E-state index in [0.717, 1.165) is 19.3 Å². The van der Waals surface area contributed by atoms with Crippen molar-refractivity contribution in [3.8, 4) is 11.3 Å². The second-order valence-corrected chi connectivity index (χ2v) is 10.5. The van der Waals surface area contributed by atoms with Crippen LogP contribution in [0.5, 0.6) is 0 Å². The number of piperazine rings is 1. The zero-order valence-corrected chi connectivity index (χ0v) is 23.8. The minimum atomic E-state index is -0.366. The fourth-order valence-corrected chi connectivity index (χ4v) is 5.59. The minimum absolute atomic E-state index is 0.266. The summed E-state index contributed by atoms with van der Waals surface area (Å²) in [6, 6.07) is 7.16. The summed E-state index contributed by atoms with van der Waals surface area (Å²) in [7, 11) is 1.74. The van der Waals surface area contributed by atoms with E-state index in [1.54, 1.807) is 28.9 Å². The maximum atomic E-state index is 13.2. The summed E-state index contributed by atoms with van der Waals surface area (Å²) in [6.07, 6.45) is 4.10. The minimum Gasteiger partial charge on any atom is -0.390 e. The van der Waals surface area contributed by atoms with Gasteiger partial charge in [-0.15, -0.1) is 0 Å². The van der Waals surface area contributed by atoms with Crippen LogP contribution in [0.15, 0.2) is 36.5 Å². The number of urea groups is 1. The molecule has 2 aliphatic heterocycles. The van der Waals surface area contributed by atoms with E-state index < -0.39 is 0 Å². The summed E-state index contributed by atoms with van der Waals surface area (Å²) >= 11 is 6.70. The van der Waals surface area contributed by atoms with Crippen LogP contribution in [0.3, 0.4) is 0 Å². The van der Waals surface area contributed by atoms with Crippen LogP contribution in [-0.4, -0.2) is 80.6 Å². The van der Waals surface area contributed by atoms with E-state index >= 15 is 0 Å². The molecular weight excluding hydrogens is 565 g/mol. The number of carbonyl (C=O) groups excluding carboxylic acids is 1. The highest BCUT2D eigenvalue weighted by Gasteiger charge is 2.29. The Bertz CT molecular complexity index is 1590. The number of nitrogens with one attached hydrogen (secondary N) is 2. The molecule has 1 unspecified atom stereocenters. The third kappa shape index (κ3) is 5.42. The summed E-state index contributed by atoms with van der Waals surface area (Å²) < 4.78 is 21.1. The monoisotopic (exact) mass is 595 g/mol. The van der Waals surface area contributed by atoms with Crippen molar-refractivity contribution in [2.24, 2.45) is 0 Å². The van der Waals surface area contributed by atoms with Crippen LogP contribution in [0.25, 0.3) is 22.4 Å². The normalized spacial score (nSPS) is 17.5. The molecule has 0 radical (unpaired) electrons. The van der Waals surface area contributed by atoms with Crippen LogP contribution >= 0.6 is 11.6 Å². The molecule has 2 aliphatic rings. The standard InChI is InChI=1S/C28H31ClFN9O3/c1-31-25-22(29)19(9-10-32-25)23-24-27(39(36-23)21-4-2-3-15-42-21)35-26(20(16-40)34-24)37-11-13-38(14-12-37)28(41)33-18-7-5-17(30)6-8-18/h5-10,21,40H,2-4,11-16H2,1H3,(H,31,32)(H,33,41). The van der Waals surface area contributed by atoms with Crippen LogP contribution in [-0.2, 0) is 11.3 Å². The Hall–Kier alpha value is -4.07. The highest BCUT2D eigenvalue weighted by Crippen LogP contribution is 2.37. The van der Waals surface area contributed by atoms with Crippen molar-refractivity contribution in [3.63, 3.8) is 0 Å². The Labute approximate surface area is 246 Å². The van der Waals surface area contributed by atoms with E-state index in [1.165, 1.54) is 24.3 Å². The molecule has 220 valence electrons. The van der Waals surface area contributed by atoms with Crippen molar-refractivity contribution in [3.05, 3.63) is 53.1 Å². The number of anilines is 3. The lowest BCUT2D eigenvalue weighted by Gasteiger charge is -2.35. The number of aliphatic hydroxyl groups excluding tert-OH is 1. The average molecular weight is 596 g/mol. The molecule has 42 heavy (non-hydrogen) atoms. The van der Waals surface area contributed by atoms with E-state index in [1.807, 2.05) is 4.90 Å². The molecular formula is C28H31ClFN9O3. The van der Waals surface area contributed by atoms with Gasteiger partial charge in [-0.25, -0.2) is 28.8 Å². The number of ether oxygens (including phenoxy) is 1. The Morgan fingerprint density at radius 1 is 1.14 bits per heavy atom. The zero-order chi connectivity index (χ0) is 29.2. The van der Waals surface area contributed by atoms with E-state index in [0.29, 0.717) is 83.2 Å². The lowest BCUT2D eigenvalue weighted by Crippen LogP contribution is -2.50. The third-order valence-electron chi connectivity index (χ3n) is 7.50. The molecule has 5 heterocycles. The third-order valence-corrected chi connectivity index (χ3v) is 7.88. The highest BCUT2D eigenvalue weighted by molar-refractivity contribution is 6.35. The number of fused-ring (bicyclic) bond motifs is 1. The van der Waals surface area contributed by atoms with E-state index in [4.69, 9.17) is 31.4 Å². The number of aliphatic hydroxyl groups is 1. The molecule has 1 aromatic carbocycles. The number of benzene rings is 1. The van der Waals surface area contributed by atoms with Crippen molar-refractivity contribution in [1.82, 2.24) is 29.6 Å². The van der Waals surface area contributed by atoms with Gasteiger partial charge in [-0.1, -0.05) is 11.6 Å². The fourth-order valence-electron chi connectivity index (χ4n) is 5.29. The smallest absolute Gasteiger partial charge is 0.321 e. The van der Waals surface area contributed by atoms with Gasteiger partial charge in [0.25, 0.3) is 0 Å². The lowest BCUT2D eigenvalue weighted by atomic mass is 10.1. The van der Waals surface area contributed by atoms with Crippen molar-refractivity contribution >= 4 is 46.1 Å². The molecule has 3 aromatic heterocycles. The van der Waals surface area contributed by atoms with Gasteiger partial charge in [-0.3, -0.25) is 0 Å². The van der Waals surface area contributed by atoms with Crippen LogP contribution in [0.4, 0.5) is 26.5 Å². The number of nitrogens with zero attached hydrogens (tertiary/aromatic N) is 7. The predicted molar refractivity (Wildman–Crippen MR) is 157 cm³/mol. The Kier molecular flexibility index (Phi) is 8.05. The topological polar surface area (TPSA) is 134 Å². The molecule has 2 saturated heterocycles. The molecule has 6 rings (SSSR count). The molecule has 1 atom stereocenters. The van der Waals surface area contributed by atoms with Crippen LogP contribution in [0.1, 0.15) is 31.2 Å². The highest BCUT2D eigenvalue weighted by atomic mass is 35.5. The summed E-state index contributed by atoms with van der Waals surface area (Å²) in [5.41, 5.74) is 3.12. The van der Waals surface area contributed by atoms with Crippen molar-refractivity contribution < 1.29 is 19.0 Å². The van der Waals surface area contributed by atoms with Gasteiger partial charge in [-0.05, 0) is 49.6 Å². The van der Waals surface area contributed by atoms with Crippen molar-refractivity contribution in [2.75, 3.05) is 55.4 Å². The second-order valence-electron chi connectivity index (χ2n) is 10.1. The molecule has 0 spiro atoms. The van der Waals surface area contributed by atoms with Crippen molar-refractivity contribution in [2.45, 2.75) is 32.1 Å². The summed E-state index contributed by atoms with van der Waals surface area (Å²) in [5.74, 6) is 0.678. The van der Waals surface area contributed by atoms with E-state index in [2.05, 4.69) is 15.6 Å². The molecule has 12 nitrogen and oxygen atoms in total. The zero-order valence-electron chi connectivity index (χ0n) is 23.1. The molecule has 14 heteroatoms. The molecule has 2 amide bonds. The fraction of sp³-hybridized carbons (Fsp3) is 0.393. The van der Waals surface area contributed by atoms with Gasteiger partial charge in [-0.2, -0.15) is 5.10 Å². The first kappa shape index (κ1) is 28.1. The van der Waals surface area contributed by atoms with Gasteiger partial charge in [0, 0.05) is 57.3 Å². The molecule has 0 bridgehead atoms. The second kappa shape index (κ2) is 12.0. The quantitative estimate of drug-likeness (QED) is 0.299. The molecule has 4 aromatic rings. The number of rotatable bonds is 6. The van der Waals surface area contributed by atoms with Gasteiger partial charge in [0.05, 0.1) is 11.6 Å². The van der Waals surface area contributed by atoms with Gasteiger partial charge in [0.1, 0.15) is 28.5 Å². The number of hydrogen-bond donors (Lipinski definition) is 3. The molecule has 3 N–H and O–H groups in total. The number of aromatic nitrogens is 5. The van der Waals surface area contributed by atoms with Crippen molar-refractivity contribution in [1.29, 1.82) is 0 Å². The number of hydrogen-bond acceptors (Lipinski definition) is 9. The summed E-state index contributed by atoms with van der Waals surface area (Å²) in [6.45, 7) is 2.10. The van der Waals surface area contributed by atoms with Gasteiger partial charge < -0.3 is 30.3 Å². The Morgan fingerprint density at radius 2 is 1.93 bits per heavy atom. The number of carbonyl (C=O) groups is 1. The number of halogens is 2. The van der Waals surface area contributed by atoms with Gasteiger partial charge in [0.2, 0.25) is 0 Å². The Morgan fingerprint density at radius 3 is 2.62 bits per heavy atom. The van der Waals surface area contributed by atoms with E-state index in [-0.39, 0.29) is 24.7 Å². The largest absolute Gasteiger partial charge is 0.390 e. The van der Waals surface area contributed by atoms with Crippen LogP contribution in [0, 0.1) is 5.82 Å². The first-order chi connectivity index (χ1) is 20.5. The first-order valence-corrected chi connectivity index (χ1v) is 14.2. The van der Waals surface area contributed by atoms with E-state index in [9.17, 15) is 14.3 Å². The molecule has 0 saturated carbocycles. The number of amides is 2. The first-order valence-electron chi connectivity index (χ1n) is 13.9. The summed E-state index contributed by atoms with van der Waals surface area (Å²) in [5, 5.41) is 21.5. The lowest BCUT2D eigenvalue weighted by molar-refractivity contribution is -0.0368. The maximum absolute atomic E-state index is 13.2. The molecule has 2 fully saturated rings. The SMILES string of the molecule is CNc1nccc(-c2nn(C3CCCCO3)c3nc(N4CCN(C(=O)Nc5ccc(F)cc5)CC4)c(CO)nc23)c1Cl.